The fraction of sp³-hybridized carbons (Fsp3) is 0.625. The molecule has 1 saturated heterocycles. The van der Waals surface area contributed by atoms with Crippen LogP contribution >= 0.6 is 0 Å². The lowest BCUT2D eigenvalue weighted by atomic mass is 10.00. The van der Waals surface area contributed by atoms with Crippen molar-refractivity contribution in [3.05, 3.63) is 29.3 Å². The van der Waals surface area contributed by atoms with Crippen molar-refractivity contribution in [2.45, 2.75) is 31.4 Å². The first-order valence-electron chi connectivity index (χ1n) is 7.51. The highest BCUT2D eigenvalue weighted by Crippen LogP contribution is 2.34. The van der Waals surface area contributed by atoms with Gasteiger partial charge in [-0.15, -0.1) is 0 Å². The summed E-state index contributed by atoms with van der Waals surface area (Å²) >= 11 is 0. The molecular formula is C16H24N2O2. The van der Waals surface area contributed by atoms with Crippen molar-refractivity contribution in [1.29, 1.82) is 0 Å². The van der Waals surface area contributed by atoms with Gasteiger partial charge in [0.15, 0.2) is 0 Å². The number of ether oxygens (including phenoxy) is 2. The third-order valence-electron chi connectivity index (χ3n) is 4.60. The Bertz CT molecular complexity index is 458. The number of hydrogen-bond donors (Lipinski definition) is 1. The van der Waals surface area contributed by atoms with Gasteiger partial charge < -0.3 is 15.2 Å². The van der Waals surface area contributed by atoms with Gasteiger partial charge in [0, 0.05) is 31.9 Å². The zero-order valence-electron chi connectivity index (χ0n) is 12.2. The van der Waals surface area contributed by atoms with Crippen LogP contribution < -0.4 is 5.73 Å². The normalized spacial score (nSPS) is 27.9. The van der Waals surface area contributed by atoms with E-state index in [4.69, 9.17) is 15.2 Å². The number of nitrogens with zero attached hydrogens (tertiary/aromatic N) is 1. The van der Waals surface area contributed by atoms with Crippen LogP contribution in [0.1, 0.15) is 30.1 Å². The lowest BCUT2D eigenvalue weighted by Crippen LogP contribution is -2.44. The monoisotopic (exact) mass is 276 g/mol. The van der Waals surface area contributed by atoms with Crippen LogP contribution in [0.15, 0.2) is 18.2 Å². The predicted molar refractivity (Wildman–Crippen MR) is 79.7 cm³/mol. The fourth-order valence-corrected chi connectivity index (χ4v) is 3.45. The molecule has 0 amide bonds. The summed E-state index contributed by atoms with van der Waals surface area (Å²) in [5.41, 5.74) is 9.45. The van der Waals surface area contributed by atoms with Gasteiger partial charge in [-0.3, -0.25) is 4.90 Å². The Labute approximate surface area is 120 Å². The molecule has 1 fully saturated rings. The Kier molecular flexibility index (Phi) is 4.24. The molecule has 1 aliphatic heterocycles. The Balaban J connectivity index is 1.81. The highest BCUT2D eigenvalue weighted by atomic mass is 16.5. The van der Waals surface area contributed by atoms with Crippen LogP contribution in [-0.2, 0) is 15.9 Å². The minimum Gasteiger partial charge on any atom is -0.399 e. The Hall–Kier alpha value is -1.10. The molecule has 2 aliphatic rings. The molecule has 1 aliphatic carbocycles. The first-order valence-corrected chi connectivity index (χ1v) is 7.51. The molecule has 4 nitrogen and oxygen atoms in total. The summed E-state index contributed by atoms with van der Waals surface area (Å²) in [5, 5.41) is 0. The zero-order valence-corrected chi connectivity index (χ0v) is 12.2. The number of anilines is 1. The summed E-state index contributed by atoms with van der Waals surface area (Å²) in [6.45, 7) is 3.79. The van der Waals surface area contributed by atoms with Gasteiger partial charge in [-0.1, -0.05) is 6.07 Å². The van der Waals surface area contributed by atoms with E-state index in [0.29, 0.717) is 6.04 Å². The van der Waals surface area contributed by atoms with Gasteiger partial charge in [0.25, 0.3) is 0 Å². The highest BCUT2D eigenvalue weighted by Gasteiger charge is 2.29. The van der Waals surface area contributed by atoms with E-state index in [1.807, 2.05) is 6.07 Å². The number of aryl methyl sites for hydroxylation is 1. The van der Waals surface area contributed by atoms with Crippen LogP contribution in [0.25, 0.3) is 0 Å². The number of benzene rings is 1. The van der Waals surface area contributed by atoms with Crippen molar-refractivity contribution in [3.63, 3.8) is 0 Å². The number of nitrogen functional groups attached to an aromatic ring is 1. The summed E-state index contributed by atoms with van der Waals surface area (Å²) in [6, 6.07) is 6.84. The smallest absolute Gasteiger partial charge is 0.0839 e. The molecule has 1 heterocycles. The topological polar surface area (TPSA) is 47.7 Å². The molecule has 3 rings (SSSR count). The van der Waals surface area contributed by atoms with Gasteiger partial charge in [-0.2, -0.15) is 0 Å². The van der Waals surface area contributed by atoms with E-state index in [1.54, 1.807) is 7.11 Å². The van der Waals surface area contributed by atoms with E-state index in [1.165, 1.54) is 17.5 Å². The van der Waals surface area contributed by atoms with Crippen molar-refractivity contribution in [1.82, 2.24) is 4.90 Å². The summed E-state index contributed by atoms with van der Waals surface area (Å²) in [4.78, 5) is 2.56. The minimum atomic E-state index is 0.156. The van der Waals surface area contributed by atoms with Crippen molar-refractivity contribution >= 4 is 5.69 Å². The van der Waals surface area contributed by atoms with Crippen molar-refractivity contribution in [2.75, 3.05) is 39.1 Å². The Morgan fingerprint density at radius 1 is 1.30 bits per heavy atom. The maximum atomic E-state index is 5.94. The maximum Gasteiger partial charge on any atom is 0.0839 e. The average molecular weight is 276 g/mol. The van der Waals surface area contributed by atoms with Crippen LogP contribution in [0.5, 0.6) is 0 Å². The van der Waals surface area contributed by atoms with Crippen molar-refractivity contribution in [2.24, 2.45) is 0 Å². The van der Waals surface area contributed by atoms with Gasteiger partial charge in [-0.25, -0.2) is 0 Å². The van der Waals surface area contributed by atoms with Gasteiger partial charge in [0.05, 0.1) is 19.3 Å². The van der Waals surface area contributed by atoms with E-state index in [-0.39, 0.29) is 6.10 Å². The van der Waals surface area contributed by atoms with E-state index >= 15 is 0 Å². The number of hydrogen-bond acceptors (Lipinski definition) is 4. The van der Waals surface area contributed by atoms with E-state index in [0.717, 1.165) is 44.8 Å². The molecule has 0 radical (unpaired) electrons. The standard InChI is InChI=1S/C16H24N2O2/c1-19-16-11-14(18-6-8-20-9-7-18)5-3-12-2-4-13(17)10-15(12)16/h2,4,10,14,16H,3,5-9,11,17H2,1H3/t14?,16-/m0/s1. The van der Waals surface area contributed by atoms with E-state index in [2.05, 4.69) is 17.0 Å². The molecule has 0 saturated carbocycles. The lowest BCUT2D eigenvalue weighted by Gasteiger charge is -2.35. The summed E-state index contributed by atoms with van der Waals surface area (Å²) < 4.78 is 11.2. The molecule has 1 unspecified atom stereocenters. The molecular weight excluding hydrogens is 252 g/mol. The van der Waals surface area contributed by atoms with Crippen molar-refractivity contribution < 1.29 is 9.47 Å². The number of methoxy groups -OCH3 is 1. The molecule has 0 aromatic heterocycles. The van der Waals surface area contributed by atoms with Crippen molar-refractivity contribution in [3.8, 4) is 0 Å². The molecule has 1 aromatic carbocycles. The SMILES string of the molecule is CO[C@H]1CC(N2CCOCC2)CCc2ccc(N)cc21. The minimum absolute atomic E-state index is 0.156. The molecule has 2 atom stereocenters. The third kappa shape index (κ3) is 2.82. The van der Waals surface area contributed by atoms with Gasteiger partial charge in [-0.05, 0) is 42.5 Å². The molecule has 0 bridgehead atoms. The van der Waals surface area contributed by atoms with Gasteiger partial charge in [0.2, 0.25) is 0 Å². The fourth-order valence-electron chi connectivity index (χ4n) is 3.45. The van der Waals surface area contributed by atoms with Crippen LogP contribution in [-0.4, -0.2) is 44.4 Å². The average Bonchev–Trinajstić information content (AvgIpc) is 2.67. The number of rotatable bonds is 2. The molecule has 2 N–H and O–H groups in total. The van der Waals surface area contributed by atoms with Gasteiger partial charge >= 0.3 is 0 Å². The quantitative estimate of drug-likeness (QED) is 0.663. The molecule has 110 valence electrons. The Morgan fingerprint density at radius 2 is 2.10 bits per heavy atom. The second kappa shape index (κ2) is 6.12. The first kappa shape index (κ1) is 13.9. The summed E-state index contributed by atoms with van der Waals surface area (Å²) in [5.74, 6) is 0. The number of morpholine rings is 1. The number of nitrogens with two attached hydrogens (primary N) is 1. The maximum absolute atomic E-state index is 5.94. The first-order chi connectivity index (χ1) is 9.78. The highest BCUT2D eigenvalue weighted by molar-refractivity contribution is 5.46. The molecule has 20 heavy (non-hydrogen) atoms. The van der Waals surface area contributed by atoms with Crippen LogP contribution in [0.4, 0.5) is 5.69 Å². The predicted octanol–water partition coefficient (Wildman–Crippen LogP) is 1.99. The van der Waals surface area contributed by atoms with E-state index in [9.17, 15) is 0 Å². The van der Waals surface area contributed by atoms with E-state index < -0.39 is 0 Å². The largest absolute Gasteiger partial charge is 0.399 e. The summed E-state index contributed by atoms with van der Waals surface area (Å²) in [7, 11) is 1.80. The second-order valence-corrected chi connectivity index (χ2v) is 5.76. The van der Waals surface area contributed by atoms with Crippen LogP contribution in [0.2, 0.25) is 0 Å². The zero-order chi connectivity index (χ0) is 13.9. The third-order valence-corrected chi connectivity index (χ3v) is 4.60. The number of fused-ring (bicyclic) bond motifs is 1. The lowest BCUT2D eigenvalue weighted by molar-refractivity contribution is -0.00306. The molecule has 4 heteroatoms. The molecule has 1 aromatic rings. The Morgan fingerprint density at radius 3 is 2.85 bits per heavy atom. The van der Waals surface area contributed by atoms with Crippen LogP contribution in [0.3, 0.4) is 0 Å². The summed E-state index contributed by atoms with van der Waals surface area (Å²) in [6.07, 6.45) is 3.50. The second-order valence-electron chi connectivity index (χ2n) is 5.76. The molecule has 0 spiro atoms. The van der Waals surface area contributed by atoms with Gasteiger partial charge in [0.1, 0.15) is 0 Å². The van der Waals surface area contributed by atoms with Crippen LogP contribution in [0, 0.1) is 0 Å².